The lowest BCUT2D eigenvalue weighted by Crippen LogP contribution is -2.44. The molecule has 0 amide bonds. The van der Waals surface area contributed by atoms with E-state index in [2.05, 4.69) is 4.72 Å². The Morgan fingerprint density at radius 2 is 2.13 bits per heavy atom. The van der Waals surface area contributed by atoms with Gasteiger partial charge in [-0.05, 0) is 25.7 Å². The van der Waals surface area contributed by atoms with E-state index in [-0.39, 0.29) is 17.9 Å². The molecule has 5 nitrogen and oxygen atoms in total. The molecule has 1 aliphatic rings. The van der Waals surface area contributed by atoms with Crippen molar-refractivity contribution in [3.05, 3.63) is 0 Å². The summed E-state index contributed by atoms with van der Waals surface area (Å²) in [4.78, 5) is 0. The predicted molar refractivity (Wildman–Crippen MR) is 59.0 cm³/mol. The van der Waals surface area contributed by atoms with Gasteiger partial charge in [-0.15, -0.1) is 0 Å². The molecule has 0 heterocycles. The van der Waals surface area contributed by atoms with Crippen LogP contribution < -0.4 is 10.5 Å². The van der Waals surface area contributed by atoms with Gasteiger partial charge in [-0.1, -0.05) is 0 Å². The van der Waals surface area contributed by atoms with Crippen molar-refractivity contribution >= 4 is 10.0 Å². The summed E-state index contributed by atoms with van der Waals surface area (Å²) in [6.07, 6.45) is 1.86. The van der Waals surface area contributed by atoms with Crippen molar-refractivity contribution in [2.75, 3.05) is 19.4 Å². The monoisotopic (exact) mass is 236 g/mol. The summed E-state index contributed by atoms with van der Waals surface area (Å²) in [5.74, 6) is 0.426. The maximum atomic E-state index is 11.7. The molecule has 1 rings (SSSR count). The molecule has 0 bridgehead atoms. The number of ether oxygens (including phenoxy) is 1. The molecule has 6 heteroatoms. The predicted octanol–water partition coefficient (Wildman–Crippen LogP) is -0.322. The van der Waals surface area contributed by atoms with Crippen LogP contribution in [0.3, 0.4) is 0 Å². The molecule has 2 unspecified atom stereocenters. The SMILES string of the molecule is COC(C)CS(=O)(=O)NC(CN)C1CC1. The second kappa shape index (κ2) is 5.25. The lowest BCUT2D eigenvalue weighted by molar-refractivity contribution is 0.136. The summed E-state index contributed by atoms with van der Waals surface area (Å²) in [5.41, 5.74) is 5.53. The summed E-state index contributed by atoms with van der Waals surface area (Å²) in [6.45, 7) is 2.10. The van der Waals surface area contributed by atoms with Crippen LogP contribution in [0.15, 0.2) is 0 Å². The maximum absolute atomic E-state index is 11.7. The highest BCUT2D eigenvalue weighted by Crippen LogP contribution is 2.32. The Kier molecular flexibility index (Phi) is 4.51. The van der Waals surface area contributed by atoms with Gasteiger partial charge in [0.25, 0.3) is 0 Å². The highest BCUT2D eigenvalue weighted by Gasteiger charge is 2.33. The molecule has 2 atom stereocenters. The third-order valence-electron chi connectivity index (χ3n) is 2.63. The van der Waals surface area contributed by atoms with Gasteiger partial charge in [0.05, 0.1) is 11.9 Å². The van der Waals surface area contributed by atoms with Crippen molar-refractivity contribution in [3.63, 3.8) is 0 Å². The molecule has 0 aromatic carbocycles. The number of rotatable bonds is 7. The van der Waals surface area contributed by atoms with Crippen LogP contribution >= 0.6 is 0 Å². The molecule has 0 radical (unpaired) electrons. The largest absolute Gasteiger partial charge is 0.381 e. The Bertz CT molecular complexity index is 288. The fraction of sp³-hybridized carbons (Fsp3) is 1.00. The first-order valence-electron chi connectivity index (χ1n) is 5.21. The molecule has 90 valence electrons. The van der Waals surface area contributed by atoms with Gasteiger partial charge in [-0.3, -0.25) is 0 Å². The highest BCUT2D eigenvalue weighted by atomic mass is 32.2. The number of nitrogens with one attached hydrogen (secondary N) is 1. The van der Waals surface area contributed by atoms with Gasteiger partial charge in [-0.2, -0.15) is 0 Å². The Morgan fingerprint density at radius 3 is 2.53 bits per heavy atom. The molecular weight excluding hydrogens is 216 g/mol. The molecule has 3 N–H and O–H groups in total. The zero-order chi connectivity index (χ0) is 11.5. The van der Waals surface area contributed by atoms with Crippen molar-refractivity contribution in [1.82, 2.24) is 4.72 Å². The van der Waals surface area contributed by atoms with Gasteiger partial charge in [0.15, 0.2) is 0 Å². The summed E-state index contributed by atoms with van der Waals surface area (Å²) >= 11 is 0. The second-order valence-corrected chi connectivity index (χ2v) is 5.92. The topological polar surface area (TPSA) is 81.4 Å². The van der Waals surface area contributed by atoms with Crippen LogP contribution in [0.1, 0.15) is 19.8 Å². The van der Waals surface area contributed by atoms with Crippen molar-refractivity contribution in [2.24, 2.45) is 11.7 Å². The molecule has 1 aliphatic carbocycles. The normalized spacial score (nSPS) is 21.3. The molecule has 15 heavy (non-hydrogen) atoms. The Morgan fingerprint density at radius 1 is 1.53 bits per heavy atom. The Balaban J connectivity index is 2.46. The first-order valence-corrected chi connectivity index (χ1v) is 6.86. The van der Waals surface area contributed by atoms with Crippen LogP contribution in [0.2, 0.25) is 0 Å². The van der Waals surface area contributed by atoms with E-state index >= 15 is 0 Å². The number of nitrogens with two attached hydrogens (primary N) is 1. The summed E-state index contributed by atoms with van der Waals surface area (Å²) < 4.78 is 30.9. The summed E-state index contributed by atoms with van der Waals surface area (Å²) in [5, 5.41) is 0. The lowest BCUT2D eigenvalue weighted by Gasteiger charge is -2.17. The minimum atomic E-state index is -3.26. The van der Waals surface area contributed by atoms with Crippen molar-refractivity contribution < 1.29 is 13.2 Å². The van der Waals surface area contributed by atoms with E-state index in [1.807, 2.05) is 0 Å². The molecular formula is C9H20N2O3S. The standard InChI is InChI=1S/C9H20N2O3S/c1-7(14-2)6-15(12,13)11-9(5-10)8-3-4-8/h7-9,11H,3-6,10H2,1-2H3. The van der Waals surface area contributed by atoms with Crippen LogP contribution in [0.25, 0.3) is 0 Å². The fourth-order valence-electron chi connectivity index (χ4n) is 1.49. The first kappa shape index (κ1) is 12.9. The van der Waals surface area contributed by atoms with Crippen LogP contribution in [-0.4, -0.2) is 40.0 Å². The molecule has 0 aromatic rings. The molecule has 0 aromatic heterocycles. The van der Waals surface area contributed by atoms with Crippen LogP contribution in [0, 0.1) is 5.92 Å². The van der Waals surface area contributed by atoms with Gasteiger partial charge < -0.3 is 10.5 Å². The van der Waals surface area contributed by atoms with E-state index < -0.39 is 10.0 Å². The summed E-state index contributed by atoms with van der Waals surface area (Å²) in [7, 11) is -1.76. The van der Waals surface area contributed by atoms with E-state index in [1.165, 1.54) is 7.11 Å². The Labute approximate surface area is 91.4 Å². The molecule has 0 saturated heterocycles. The third kappa shape index (κ3) is 4.46. The van der Waals surface area contributed by atoms with Crippen LogP contribution in [0.5, 0.6) is 0 Å². The zero-order valence-electron chi connectivity index (χ0n) is 9.27. The smallest absolute Gasteiger partial charge is 0.214 e. The van der Waals surface area contributed by atoms with Gasteiger partial charge in [-0.25, -0.2) is 13.1 Å². The average Bonchev–Trinajstić information content (AvgIpc) is 2.96. The lowest BCUT2D eigenvalue weighted by atomic mass is 10.2. The van der Waals surface area contributed by atoms with E-state index in [0.717, 1.165) is 12.8 Å². The molecule has 1 fully saturated rings. The van der Waals surface area contributed by atoms with Crippen LogP contribution in [0.4, 0.5) is 0 Å². The fourth-order valence-corrected chi connectivity index (χ4v) is 3.09. The second-order valence-electron chi connectivity index (χ2n) is 4.13. The van der Waals surface area contributed by atoms with E-state index in [9.17, 15) is 8.42 Å². The van der Waals surface area contributed by atoms with Crippen molar-refractivity contribution in [3.8, 4) is 0 Å². The number of sulfonamides is 1. The minimum absolute atomic E-state index is 0.00722. The minimum Gasteiger partial charge on any atom is -0.381 e. The van der Waals surface area contributed by atoms with Gasteiger partial charge in [0.2, 0.25) is 10.0 Å². The van der Waals surface area contributed by atoms with Gasteiger partial charge in [0, 0.05) is 19.7 Å². The molecule has 0 spiro atoms. The van der Waals surface area contributed by atoms with Crippen molar-refractivity contribution in [1.29, 1.82) is 0 Å². The Hall–Kier alpha value is -0.170. The van der Waals surface area contributed by atoms with Gasteiger partial charge >= 0.3 is 0 Å². The maximum Gasteiger partial charge on any atom is 0.214 e. The molecule has 1 saturated carbocycles. The summed E-state index contributed by atoms with van der Waals surface area (Å²) in [6, 6.07) is -0.0981. The first-order chi connectivity index (χ1) is 6.98. The van der Waals surface area contributed by atoms with E-state index in [1.54, 1.807) is 6.92 Å². The van der Waals surface area contributed by atoms with Gasteiger partial charge in [0.1, 0.15) is 0 Å². The average molecular weight is 236 g/mol. The number of methoxy groups -OCH3 is 1. The zero-order valence-corrected chi connectivity index (χ0v) is 10.1. The van der Waals surface area contributed by atoms with Crippen molar-refractivity contribution in [2.45, 2.75) is 31.9 Å². The number of hydrogen-bond acceptors (Lipinski definition) is 4. The van der Waals surface area contributed by atoms with E-state index in [0.29, 0.717) is 12.5 Å². The highest BCUT2D eigenvalue weighted by molar-refractivity contribution is 7.89. The third-order valence-corrected chi connectivity index (χ3v) is 4.20. The molecule has 0 aliphatic heterocycles. The number of hydrogen-bond donors (Lipinski definition) is 2. The van der Waals surface area contributed by atoms with E-state index in [4.69, 9.17) is 10.5 Å². The quantitative estimate of drug-likeness (QED) is 0.634. The van der Waals surface area contributed by atoms with Crippen LogP contribution in [-0.2, 0) is 14.8 Å².